The number of nitrogens with one attached hydrogen (secondary N) is 1. The van der Waals surface area contributed by atoms with Crippen LogP contribution in [0.4, 0.5) is 4.39 Å². The van der Waals surface area contributed by atoms with E-state index < -0.39 is 11.6 Å². The van der Waals surface area contributed by atoms with E-state index in [1.807, 2.05) is 17.0 Å². The molecule has 2 amide bonds. The molecule has 2 aliphatic rings. The zero-order valence-corrected chi connectivity index (χ0v) is 27.1. The van der Waals surface area contributed by atoms with Crippen molar-refractivity contribution < 1.29 is 23.9 Å². The Balaban J connectivity index is 1.72. The van der Waals surface area contributed by atoms with Gasteiger partial charge in [-0.3, -0.25) is 19.4 Å². The van der Waals surface area contributed by atoms with Crippen LogP contribution < -0.4 is 5.32 Å². The van der Waals surface area contributed by atoms with Gasteiger partial charge in [0.1, 0.15) is 17.2 Å². The predicted molar refractivity (Wildman–Crippen MR) is 171 cm³/mol. The van der Waals surface area contributed by atoms with Gasteiger partial charge in [-0.25, -0.2) is 4.39 Å². The van der Waals surface area contributed by atoms with Gasteiger partial charge in [0.25, 0.3) is 11.8 Å². The molecule has 7 nitrogen and oxygen atoms in total. The molecular weight excluding hydrogens is 557 g/mol. The lowest BCUT2D eigenvalue weighted by molar-refractivity contribution is -0.137. The molecule has 1 spiro atoms. The monoisotopic (exact) mass is 605 g/mol. The number of amides is 2. The van der Waals surface area contributed by atoms with Crippen LogP contribution in [0.25, 0.3) is 0 Å². The van der Waals surface area contributed by atoms with Crippen LogP contribution in [0.2, 0.25) is 0 Å². The summed E-state index contributed by atoms with van der Waals surface area (Å²) in [5.74, 6) is -1.27. The number of carboxylic acids is 1. The van der Waals surface area contributed by atoms with Crippen molar-refractivity contribution in [1.82, 2.24) is 10.2 Å². The molecule has 2 N–H and O–H groups in total. The lowest BCUT2D eigenvalue weighted by atomic mass is 9.67. The number of benzene rings is 2. The number of hydrogen-bond acceptors (Lipinski definition) is 4. The van der Waals surface area contributed by atoms with E-state index in [1.165, 1.54) is 12.1 Å². The van der Waals surface area contributed by atoms with Gasteiger partial charge in [0.2, 0.25) is 0 Å². The lowest BCUT2D eigenvalue weighted by Crippen LogP contribution is -2.51. The first kappa shape index (κ1) is 33.3. The first-order valence-corrected chi connectivity index (χ1v) is 16.0. The molecule has 0 saturated heterocycles. The maximum atomic E-state index is 14.5. The number of rotatable bonds is 11. The van der Waals surface area contributed by atoms with E-state index in [0.29, 0.717) is 22.8 Å². The molecule has 1 aliphatic carbocycles. The smallest absolute Gasteiger partial charge is 0.305 e. The number of carboxylic acid groups (broad SMARTS) is 1. The number of carbonyl (C=O) groups is 3. The summed E-state index contributed by atoms with van der Waals surface area (Å²) in [6.45, 7) is 13.5. The quantitative estimate of drug-likeness (QED) is 0.276. The molecule has 2 aromatic carbocycles. The number of aliphatic carboxylic acids is 1. The molecule has 0 unspecified atom stereocenters. The van der Waals surface area contributed by atoms with Crippen molar-refractivity contribution in [3.63, 3.8) is 0 Å². The van der Waals surface area contributed by atoms with Crippen LogP contribution in [-0.2, 0) is 9.59 Å². The van der Waals surface area contributed by atoms with Crippen molar-refractivity contribution in [3.8, 4) is 0 Å². The second-order valence-electron chi connectivity index (χ2n) is 14.4. The average molecular weight is 606 g/mol. The minimum Gasteiger partial charge on any atom is -0.481 e. The summed E-state index contributed by atoms with van der Waals surface area (Å²) < 4.78 is 13.8. The summed E-state index contributed by atoms with van der Waals surface area (Å²) >= 11 is 0. The van der Waals surface area contributed by atoms with Crippen molar-refractivity contribution in [2.45, 2.75) is 105 Å². The molecule has 1 atom stereocenters. The highest BCUT2D eigenvalue weighted by Crippen LogP contribution is 2.51. The molecule has 238 valence electrons. The zero-order valence-electron chi connectivity index (χ0n) is 27.1. The van der Waals surface area contributed by atoms with Gasteiger partial charge in [-0.15, -0.1) is 0 Å². The van der Waals surface area contributed by atoms with Gasteiger partial charge in [-0.05, 0) is 97.2 Å². The van der Waals surface area contributed by atoms with Gasteiger partial charge < -0.3 is 15.3 Å². The third-order valence-corrected chi connectivity index (χ3v) is 9.77. The molecule has 1 saturated carbocycles. The molecule has 4 rings (SSSR count). The van der Waals surface area contributed by atoms with Gasteiger partial charge in [0.05, 0.1) is 12.5 Å². The minimum absolute atomic E-state index is 0.0294. The van der Waals surface area contributed by atoms with E-state index in [2.05, 4.69) is 46.9 Å². The molecule has 8 heteroatoms. The fourth-order valence-corrected chi connectivity index (χ4v) is 6.60. The third kappa shape index (κ3) is 7.56. The predicted octanol–water partition coefficient (Wildman–Crippen LogP) is 7.55. The van der Waals surface area contributed by atoms with Gasteiger partial charge >= 0.3 is 5.97 Å². The highest BCUT2D eigenvalue weighted by molar-refractivity contribution is 6.46. The molecule has 0 aromatic heterocycles. The molecular formula is C36H48FN3O4. The highest BCUT2D eigenvalue weighted by Gasteiger charge is 2.53. The molecule has 0 radical (unpaired) electrons. The standard InChI is InChI=1S/C36H48FN3O4/c1-7-35(5,6)27-16-21-36(22-17-27)39-31(25-12-14-28(37)15-13-25)33(44)40(36)29(18-20-34(2,3)4)24-8-10-26(11-9-24)32(43)38-23-19-30(41)42/h8-15,27,29H,7,16-23H2,1-6H3,(H,38,43)(H,41,42)/t27?,29-,36?/m1/s1. The Morgan fingerprint density at radius 3 is 2.20 bits per heavy atom. The molecule has 44 heavy (non-hydrogen) atoms. The molecule has 1 heterocycles. The van der Waals surface area contributed by atoms with Crippen LogP contribution in [-0.4, -0.2) is 45.7 Å². The van der Waals surface area contributed by atoms with Crippen molar-refractivity contribution in [3.05, 3.63) is 71.0 Å². The largest absolute Gasteiger partial charge is 0.481 e. The second kappa shape index (κ2) is 13.2. The maximum Gasteiger partial charge on any atom is 0.305 e. The Morgan fingerprint density at radius 2 is 1.66 bits per heavy atom. The Bertz CT molecular complexity index is 1370. The number of halogens is 1. The molecule has 0 bridgehead atoms. The Hall–Kier alpha value is -3.55. The number of nitrogens with zero attached hydrogens (tertiary/aromatic N) is 2. The summed E-state index contributed by atoms with van der Waals surface area (Å²) in [6.07, 6.45) is 5.97. The molecule has 1 fully saturated rings. The normalized spacial score (nSPS) is 21.3. The Kier molecular flexibility index (Phi) is 10.0. The Morgan fingerprint density at radius 1 is 1.05 bits per heavy atom. The van der Waals surface area contributed by atoms with E-state index in [0.717, 1.165) is 50.5 Å². The van der Waals surface area contributed by atoms with Crippen LogP contribution in [0.1, 0.15) is 120 Å². The fraction of sp³-hybridized carbons (Fsp3) is 0.556. The molecule has 1 aliphatic heterocycles. The van der Waals surface area contributed by atoms with Gasteiger partial charge in [-0.2, -0.15) is 0 Å². The summed E-state index contributed by atoms with van der Waals surface area (Å²) in [6, 6.07) is 13.0. The fourth-order valence-electron chi connectivity index (χ4n) is 6.60. The number of hydrogen-bond donors (Lipinski definition) is 2. The van der Waals surface area contributed by atoms with Gasteiger partial charge in [0.15, 0.2) is 0 Å². The topological polar surface area (TPSA) is 99.1 Å². The van der Waals surface area contributed by atoms with Gasteiger partial charge in [-0.1, -0.05) is 60.1 Å². The van der Waals surface area contributed by atoms with Gasteiger partial charge in [0, 0.05) is 17.7 Å². The van der Waals surface area contributed by atoms with E-state index >= 15 is 0 Å². The molecule has 2 aromatic rings. The van der Waals surface area contributed by atoms with Crippen molar-refractivity contribution in [1.29, 1.82) is 0 Å². The van der Waals surface area contributed by atoms with E-state index in [4.69, 9.17) is 10.1 Å². The summed E-state index contributed by atoms with van der Waals surface area (Å²) in [5, 5.41) is 11.5. The number of aliphatic imine (C=N–C) groups is 1. The second-order valence-corrected chi connectivity index (χ2v) is 14.4. The Labute approximate surface area is 261 Å². The van der Waals surface area contributed by atoms with Crippen LogP contribution in [0, 0.1) is 22.6 Å². The van der Waals surface area contributed by atoms with Crippen molar-refractivity contribution in [2.24, 2.45) is 21.7 Å². The van der Waals surface area contributed by atoms with Crippen LogP contribution >= 0.6 is 0 Å². The third-order valence-electron chi connectivity index (χ3n) is 9.77. The summed E-state index contributed by atoms with van der Waals surface area (Å²) in [5.41, 5.74) is 1.89. The van der Waals surface area contributed by atoms with Crippen LogP contribution in [0.3, 0.4) is 0 Å². The maximum absolute atomic E-state index is 14.5. The highest BCUT2D eigenvalue weighted by atomic mass is 19.1. The van der Waals surface area contributed by atoms with Crippen LogP contribution in [0.15, 0.2) is 53.5 Å². The van der Waals surface area contributed by atoms with E-state index in [9.17, 15) is 18.8 Å². The van der Waals surface area contributed by atoms with Crippen molar-refractivity contribution in [2.75, 3.05) is 6.54 Å². The average Bonchev–Trinajstić information content (AvgIpc) is 3.24. The van der Waals surface area contributed by atoms with Crippen LogP contribution in [0.5, 0.6) is 0 Å². The summed E-state index contributed by atoms with van der Waals surface area (Å²) in [7, 11) is 0. The van der Waals surface area contributed by atoms with E-state index in [1.54, 1.807) is 24.3 Å². The lowest BCUT2D eigenvalue weighted by Gasteiger charge is -2.48. The first-order chi connectivity index (χ1) is 20.7. The number of carbonyl (C=O) groups excluding carboxylic acids is 2. The first-order valence-electron chi connectivity index (χ1n) is 16.0. The van der Waals surface area contributed by atoms with Crippen molar-refractivity contribution >= 4 is 23.5 Å². The summed E-state index contributed by atoms with van der Waals surface area (Å²) in [4.78, 5) is 45.2. The SMILES string of the molecule is CCC(C)(C)C1CCC2(CC1)N=C(c1ccc(F)cc1)C(=O)N2[C@H](CCC(C)(C)C)c1ccc(C(=O)NCCC(=O)O)cc1. The zero-order chi connectivity index (χ0) is 32.3. The minimum atomic E-state index is -0.971. The van der Waals surface area contributed by atoms with E-state index in [-0.39, 0.29) is 47.5 Å².